The molecule has 0 spiro atoms. The van der Waals surface area contributed by atoms with Gasteiger partial charge in [-0.3, -0.25) is 4.57 Å². The minimum Gasteiger partial charge on any atom is -0.467 e. The highest BCUT2D eigenvalue weighted by atomic mass is 32.2. The highest BCUT2D eigenvalue weighted by Crippen LogP contribution is 2.34. The van der Waals surface area contributed by atoms with Gasteiger partial charge in [0.2, 0.25) is 0 Å². The summed E-state index contributed by atoms with van der Waals surface area (Å²) < 4.78 is 37.2. The van der Waals surface area contributed by atoms with Crippen molar-refractivity contribution in [3.05, 3.63) is 115 Å². The summed E-state index contributed by atoms with van der Waals surface area (Å²) in [6.07, 6.45) is 1.64. The number of hydrogen-bond donors (Lipinski definition) is 0. The molecule has 0 radical (unpaired) electrons. The summed E-state index contributed by atoms with van der Waals surface area (Å²) >= 11 is 1.51. The number of pyridine rings is 1. The zero-order valence-electron chi connectivity index (χ0n) is 20.6. The van der Waals surface area contributed by atoms with E-state index in [0.29, 0.717) is 23.3 Å². The minimum absolute atomic E-state index is 0.126. The van der Waals surface area contributed by atoms with Gasteiger partial charge in [0, 0.05) is 22.3 Å². The lowest BCUT2D eigenvalue weighted by Gasteiger charge is -2.12. The molecule has 39 heavy (non-hydrogen) atoms. The number of nitrogens with zero attached hydrogens (tertiary/aromatic N) is 4. The molecule has 0 fully saturated rings. The fraction of sp³-hybridized carbons (Fsp3) is 0.100. The number of thioether (sulfide) groups is 1. The molecule has 0 amide bonds. The summed E-state index contributed by atoms with van der Waals surface area (Å²) in [5, 5.41) is 10.8. The van der Waals surface area contributed by atoms with E-state index in [2.05, 4.69) is 21.0 Å². The number of halogens is 2. The van der Waals surface area contributed by atoms with E-state index < -0.39 is 6.61 Å². The van der Waals surface area contributed by atoms with Gasteiger partial charge in [0.05, 0.1) is 24.0 Å². The second kappa shape index (κ2) is 11.1. The van der Waals surface area contributed by atoms with Gasteiger partial charge in [-0.05, 0) is 42.0 Å². The molecule has 3 aromatic heterocycles. The van der Waals surface area contributed by atoms with Gasteiger partial charge in [-0.1, -0.05) is 72.4 Å². The molecule has 0 saturated carbocycles. The van der Waals surface area contributed by atoms with Crippen LogP contribution in [-0.4, -0.2) is 26.4 Å². The third-order valence-corrected chi connectivity index (χ3v) is 7.19. The number of rotatable bonds is 9. The second-order valence-corrected chi connectivity index (χ2v) is 9.66. The smallest absolute Gasteiger partial charge is 0.387 e. The number of para-hydroxylation sites is 1. The summed E-state index contributed by atoms with van der Waals surface area (Å²) in [7, 11) is 0. The predicted molar refractivity (Wildman–Crippen MR) is 147 cm³/mol. The van der Waals surface area contributed by atoms with Crippen molar-refractivity contribution in [2.75, 3.05) is 0 Å². The van der Waals surface area contributed by atoms with Crippen molar-refractivity contribution in [3.63, 3.8) is 0 Å². The number of aromatic nitrogens is 4. The fourth-order valence-corrected chi connectivity index (χ4v) is 5.22. The molecule has 3 heterocycles. The number of benzene rings is 3. The van der Waals surface area contributed by atoms with E-state index in [9.17, 15) is 8.78 Å². The minimum atomic E-state index is -2.85. The second-order valence-electron chi connectivity index (χ2n) is 8.72. The zero-order valence-corrected chi connectivity index (χ0v) is 21.4. The van der Waals surface area contributed by atoms with E-state index in [0.717, 1.165) is 39.0 Å². The first-order valence-electron chi connectivity index (χ1n) is 12.2. The summed E-state index contributed by atoms with van der Waals surface area (Å²) in [4.78, 5) is 4.91. The number of hydrogen-bond acceptors (Lipinski definition) is 6. The largest absolute Gasteiger partial charge is 0.467 e. The van der Waals surface area contributed by atoms with Crippen molar-refractivity contribution in [3.8, 4) is 28.4 Å². The van der Waals surface area contributed by atoms with Crippen molar-refractivity contribution >= 4 is 22.7 Å². The third kappa shape index (κ3) is 5.53. The molecule has 0 bridgehead atoms. The van der Waals surface area contributed by atoms with E-state index in [4.69, 9.17) is 9.40 Å². The lowest BCUT2D eigenvalue weighted by atomic mass is 10.0. The van der Waals surface area contributed by atoms with Crippen molar-refractivity contribution in [1.29, 1.82) is 0 Å². The molecular formula is C30H22F2N4O2S. The highest BCUT2D eigenvalue weighted by molar-refractivity contribution is 7.98. The van der Waals surface area contributed by atoms with E-state index in [1.54, 1.807) is 18.4 Å². The molecule has 194 valence electrons. The first kappa shape index (κ1) is 24.8. The molecule has 0 saturated heterocycles. The molecule has 0 aliphatic carbocycles. The molecule has 3 aromatic carbocycles. The summed E-state index contributed by atoms with van der Waals surface area (Å²) in [5.41, 5.74) is 4.57. The Balaban J connectivity index is 1.39. The Morgan fingerprint density at radius 1 is 0.872 bits per heavy atom. The normalized spacial score (nSPS) is 11.4. The van der Waals surface area contributed by atoms with Gasteiger partial charge in [-0.25, -0.2) is 4.98 Å². The van der Waals surface area contributed by atoms with Gasteiger partial charge in [-0.2, -0.15) is 8.78 Å². The Labute approximate surface area is 227 Å². The Bertz CT molecular complexity index is 1690. The van der Waals surface area contributed by atoms with E-state index in [1.807, 2.05) is 71.3 Å². The van der Waals surface area contributed by atoms with Gasteiger partial charge < -0.3 is 9.15 Å². The quantitative estimate of drug-likeness (QED) is 0.175. The average molecular weight is 541 g/mol. The van der Waals surface area contributed by atoms with Crippen LogP contribution in [0.15, 0.2) is 113 Å². The highest BCUT2D eigenvalue weighted by Gasteiger charge is 2.19. The number of furan rings is 1. The molecule has 6 nitrogen and oxygen atoms in total. The van der Waals surface area contributed by atoms with Gasteiger partial charge >= 0.3 is 6.61 Å². The van der Waals surface area contributed by atoms with Crippen molar-refractivity contribution in [2.45, 2.75) is 24.1 Å². The molecule has 0 atom stereocenters. The van der Waals surface area contributed by atoms with Crippen molar-refractivity contribution < 1.29 is 17.9 Å². The Morgan fingerprint density at radius 2 is 1.67 bits per heavy atom. The average Bonchev–Trinajstić information content (AvgIpc) is 3.63. The van der Waals surface area contributed by atoms with Crippen LogP contribution in [0.5, 0.6) is 5.75 Å². The monoisotopic (exact) mass is 540 g/mol. The zero-order chi connectivity index (χ0) is 26.6. The molecular weight excluding hydrogens is 518 g/mol. The number of ether oxygens (including phenoxy) is 1. The van der Waals surface area contributed by atoms with Gasteiger partial charge in [0.25, 0.3) is 0 Å². The lowest BCUT2D eigenvalue weighted by molar-refractivity contribution is -0.0498. The van der Waals surface area contributed by atoms with Crippen LogP contribution in [-0.2, 0) is 12.3 Å². The first-order valence-corrected chi connectivity index (χ1v) is 13.2. The molecule has 6 rings (SSSR count). The predicted octanol–water partition coefficient (Wildman–Crippen LogP) is 7.70. The SMILES string of the molecule is FC(F)Oc1ccc(CSc2nnc(-c3cc(-c4ccccc4)nc4ccccc34)n2Cc2ccco2)cc1. The number of alkyl halides is 2. The van der Waals surface area contributed by atoms with Crippen molar-refractivity contribution in [2.24, 2.45) is 0 Å². The van der Waals surface area contributed by atoms with E-state index >= 15 is 0 Å². The summed E-state index contributed by atoms with van der Waals surface area (Å²) in [6.45, 7) is -2.41. The van der Waals surface area contributed by atoms with Crippen LogP contribution in [0.4, 0.5) is 8.78 Å². The van der Waals surface area contributed by atoms with Crippen LogP contribution in [0.25, 0.3) is 33.5 Å². The molecule has 6 aromatic rings. The molecule has 0 N–H and O–H groups in total. The molecule has 9 heteroatoms. The third-order valence-electron chi connectivity index (χ3n) is 6.15. The van der Waals surface area contributed by atoms with Crippen LogP contribution >= 0.6 is 11.8 Å². The summed E-state index contributed by atoms with van der Waals surface area (Å²) in [5.74, 6) is 2.16. The summed E-state index contributed by atoms with van der Waals surface area (Å²) in [6, 6.07) is 30.5. The standard InChI is InChI=1S/C30H22F2N4O2S/c31-29(32)38-22-14-12-20(13-15-22)19-39-30-35-34-28(36(30)18-23-9-6-16-37-23)25-17-27(21-7-2-1-3-8-21)33-26-11-5-4-10-24(25)26/h1-17,29H,18-19H2. The van der Waals surface area contributed by atoms with E-state index in [-0.39, 0.29) is 5.75 Å². The fourth-order valence-electron chi connectivity index (χ4n) is 4.33. The van der Waals surface area contributed by atoms with Crippen LogP contribution in [0.3, 0.4) is 0 Å². The van der Waals surface area contributed by atoms with Gasteiger partial charge in [0.1, 0.15) is 11.5 Å². The Kier molecular flexibility index (Phi) is 7.05. The maximum absolute atomic E-state index is 12.5. The molecule has 0 aliphatic rings. The Hall–Kier alpha value is -4.50. The molecule has 0 aliphatic heterocycles. The van der Waals surface area contributed by atoms with Gasteiger partial charge in [-0.15, -0.1) is 10.2 Å². The lowest BCUT2D eigenvalue weighted by Crippen LogP contribution is -2.04. The maximum atomic E-state index is 12.5. The van der Waals surface area contributed by atoms with E-state index in [1.165, 1.54) is 23.9 Å². The Morgan fingerprint density at radius 3 is 2.44 bits per heavy atom. The molecule has 0 unspecified atom stereocenters. The van der Waals surface area contributed by atoms with Crippen LogP contribution < -0.4 is 4.74 Å². The first-order chi connectivity index (χ1) is 19.1. The van der Waals surface area contributed by atoms with Crippen LogP contribution in [0, 0.1) is 0 Å². The van der Waals surface area contributed by atoms with Crippen LogP contribution in [0.2, 0.25) is 0 Å². The maximum Gasteiger partial charge on any atom is 0.387 e. The van der Waals surface area contributed by atoms with Gasteiger partial charge in [0.15, 0.2) is 11.0 Å². The number of fused-ring (bicyclic) bond motifs is 1. The topological polar surface area (TPSA) is 66.0 Å². The van der Waals surface area contributed by atoms with Crippen molar-refractivity contribution in [1.82, 2.24) is 19.7 Å². The van der Waals surface area contributed by atoms with Crippen LogP contribution in [0.1, 0.15) is 11.3 Å².